The number of ether oxygens (including phenoxy) is 3. The Hall–Kier alpha value is -2.89. The molecule has 0 bridgehead atoms. The highest BCUT2D eigenvalue weighted by molar-refractivity contribution is 6.31. The number of amides is 1. The Kier molecular flexibility index (Phi) is 7.66. The molecular weight excluding hydrogens is 437 g/mol. The first-order valence-electron chi connectivity index (χ1n) is 9.70. The molecule has 3 aromatic rings. The number of nitrogens with one attached hydrogen (secondary N) is 1. The Bertz CT molecular complexity index is 1090. The largest absolute Gasteiger partial charge is 0.495 e. The average Bonchev–Trinajstić information content (AvgIpc) is 2.75. The molecule has 7 heteroatoms. The van der Waals surface area contributed by atoms with Crippen molar-refractivity contribution in [3.8, 4) is 17.2 Å². The topological polar surface area (TPSA) is 56.8 Å². The third kappa shape index (κ3) is 5.84. The van der Waals surface area contributed by atoms with Crippen LogP contribution in [-0.4, -0.2) is 19.6 Å². The Morgan fingerprint density at radius 2 is 1.74 bits per heavy atom. The Balaban J connectivity index is 1.82. The smallest absolute Gasteiger partial charge is 0.255 e. The Labute approximate surface area is 191 Å². The van der Waals surface area contributed by atoms with Gasteiger partial charge in [-0.2, -0.15) is 0 Å². The zero-order valence-corrected chi connectivity index (χ0v) is 19.0. The summed E-state index contributed by atoms with van der Waals surface area (Å²) in [5.74, 6) is 1.56. The van der Waals surface area contributed by atoms with Gasteiger partial charge in [0, 0.05) is 21.2 Å². The number of aryl methyl sites for hydroxylation is 1. The number of hydrogen-bond donors (Lipinski definition) is 1. The first-order valence-corrected chi connectivity index (χ1v) is 10.5. The van der Waals surface area contributed by atoms with E-state index in [1.807, 2.05) is 19.9 Å². The Morgan fingerprint density at radius 1 is 0.968 bits per heavy atom. The van der Waals surface area contributed by atoms with Crippen molar-refractivity contribution < 1.29 is 19.0 Å². The van der Waals surface area contributed by atoms with E-state index in [1.165, 1.54) is 7.11 Å². The molecule has 162 valence electrons. The number of hydrogen-bond acceptors (Lipinski definition) is 4. The third-order valence-electron chi connectivity index (χ3n) is 4.56. The van der Waals surface area contributed by atoms with Gasteiger partial charge in [0.1, 0.15) is 23.9 Å². The molecule has 0 aliphatic carbocycles. The van der Waals surface area contributed by atoms with E-state index in [2.05, 4.69) is 5.32 Å². The van der Waals surface area contributed by atoms with Crippen LogP contribution in [0, 0.1) is 6.92 Å². The fraction of sp³-hybridized carbons (Fsp3) is 0.208. The van der Waals surface area contributed by atoms with Gasteiger partial charge in [-0.3, -0.25) is 4.79 Å². The molecule has 0 heterocycles. The van der Waals surface area contributed by atoms with Crippen LogP contribution in [0.5, 0.6) is 17.2 Å². The van der Waals surface area contributed by atoms with Gasteiger partial charge in [0.2, 0.25) is 0 Å². The standard InChI is InChI=1S/C24H23Cl2NO4/c1-4-30-22-9-5-16(24(28)27-21-13-18(25)6-10-23(21)29-3)12-17(22)14-31-19-7-8-20(26)15(2)11-19/h5-13H,4,14H2,1-3H3,(H,27,28). The van der Waals surface area contributed by atoms with Crippen LogP contribution in [0.15, 0.2) is 54.6 Å². The summed E-state index contributed by atoms with van der Waals surface area (Å²) in [6.07, 6.45) is 0. The van der Waals surface area contributed by atoms with E-state index in [4.69, 9.17) is 37.4 Å². The second kappa shape index (κ2) is 10.4. The van der Waals surface area contributed by atoms with Gasteiger partial charge in [-0.05, 0) is 74.0 Å². The predicted octanol–water partition coefficient (Wildman–Crippen LogP) is 6.54. The van der Waals surface area contributed by atoms with E-state index in [9.17, 15) is 4.79 Å². The zero-order valence-electron chi connectivity index (χ0n) is 17.5. The SMILES string of the molecule is CCOc1ccc(C(=O)Nc2cc(Cl)ccc2OC)cc1COc1ccc(Cl)c(C)c1. The van der Waals surface area contributed by atoms with Crippen molar-refractivity contribution in [3.05, 3.63) is 81.3 Å². The van der Waals surface area contributed by atoms with Crippen LogP contribution >= 0.6 is 23.2 Å². The first-order chi connectivity index (χ1) is 14.9. The lowest BCUT2D eigenvalue weighted by molar-refractivity contribution is 0.102. The van der Waals surface area contributed by atoms with Crippen molar-refractivity contribution in [3.63, 3.8) is 0 Å². The summed E-state index contributed by atoms with van der Waals surface area (Å²) in [5.41, 5.74) is 2.62. The molecule has 0 radical (unpaired) electrons. The maximum Gasteiger partial charge on any atom is 0.255 e. The lowest BCUT2D eigenvalue weighted by atomic mass is 10.1. The first kappa shape index (κ1) is 22.8. The molecule has 3 rings (SSSR count). The number of methoxy groups -OCH3 is 1. The summed E-state index contributed by atoms with van der Waals surface area (Å²) < 4.78 is 16.9. The second-order valence-corrected chi connectivity index (χ2v) is 7.60. The fourth-order valence-corrected chi connectivity index (χ4v) is 3.26. The maximum absolute atomic E-state index is 12.9. The monoisotopic (exact) mass is 459 g/mol. The summed E-state index contributed by atoms with van der Waals surface area (Å²) in [7, 11) is 1.53. The maximum atomic E-state index is 12.9. The molecule has 0 fully saturated rings. The molecule has 0 atom stereocenters. The van der Waals surface area contributed by atoms with Crippen LogP contribution in [0.25, 0.3) is 0 Å². The van der Waals surface area contributed by atoms with E-state index >= 15 is 0 Å². The molecule has 31 heavy (non-hydrogen) atoms. The van der Waals surface area contributed by atoms with E-state index < -0.39 is 0 Å². The van der Waals surface area contributed by atoms with Crippen LogP contribution < -0.4 is 19.5 Å². The van der Waals surface area contributed by atoms with E-state index in [-0.39, 0.29) is 12.5 Å². The van der Waals surface area contributed by atoms with Gasteiger partial charge in [-0.25, -0.2) is 0 Å². The molecule has 5 nitrogen and oxygen atoms in total. The van der Waals surface area contributed by atoms with Crippen LogP contribution in [0.1, 0.15) is 28.4 Å². The van der Waals surface area contributed by atoms with Crippen LogP contribution in [0.2, 0.25) is 10.0 Å². The number of rotatable bonds is 8. The molecule has 0 aliphatic rings. The highest BCUT2D eigenvalue weighted by atomic mass is 35.5. The predicted molar refractivity (Wildman–Crippen MR) is 124 cm³/mol. The highest BCUT2D eigenvalue weighted by Crippen LogP contribution is 2.29. The summed E-state index contributed by atoms with van der Waals surface area (Å²) >= 11 is 12.1. The highest BCUT2D eigenvalue weighted by Gasteiger charge is 2.14. The second-order valence-electron chi connectivity index (χ2n) is 6.75. The molecule has 0 aliphatic heterocycles. The van der Waals surface area contributed by atoms with E-state index in [1.54, 1.807) is 48.5 Å². The molecule has 0 unspecified atom stereocenters. The van der Waals surface area contributed by atoms with Crippen LogP contribution in [-0.2, 0) is 6.61 Å². The molecule has 1 N–H and O–H groups in total. The van der Waals surface area contributed by atoms with Gasteiger partial charge in [-0.15, -0.1) is 0 Å². The summed E-state index contributed by atoms with van der Waals surface area (Å²) in [4.78, 5) is 12.9. The minimum Gasteiger partial charge on any atom is -0.495 e. The number of carbonyl (C=O) groups excluding carboxylic acids is 1. The van der Waals surface area contributed by atoms with E-state index in [0.717, 1.165) is 11.1 Å². The molecule has 0 saturated heterocycles. The summed E-state index contributed by atoms with van der Waals surface area (Å²) in [6.45, 7) is 4.55. The normalized spacial score (nSPS) is 10.5. The van der Waals surface area contributed by atoms with Gasteiger partial charge in [0.15, 0.2) is 0 Å². The third-order valence-corrected chi connectivity index (χ3v) is 5.22. The minimum atomic E-state index is -0.299. The summed E-state index contributed by atoms with van der Waals surface area (Å²) in [5, 5.41) is 4.01. The molecule has 1 amide bonds. The Morgan fingerprint density at radius 3 is 2.45 bits per heavy atom. The van der Waals surface area contributed by atoms with Gasteiger partial charge in [-0.1, -0.05) is 23.2 Å². The number of carbonyl (C=O) groups is 1. The fourth-order valence-electron chi connectivity index (χ4n) is 2.97. The number of anilines is 1. The van der Waals surface area contributed by atoms with Crippen molar-refractivity contribution in [2.45, 2.75) is 20.5 Å². The average molecular weight is 460 g/mol. The van der Waals surface area contributed by atoms with Gasteiger partial charge >= 0.3 is 0 Å². The molecular formula is C24H23Cl2NO4. The molecule has 3 aromatic carbocycles. The lowest BCUT2D eigenvalue weighted by Crippen LogP contribution is -2.13. The van der Waals surface area contributed by atoms with Gasteiger partial charge in [0.25, 0.3) is 5.91 Å². The van der Waals surface area contributed by atoms with Crippen molar-refractivity contribution in [2.75, 3.05) is 19.0 Å². The van der Waals surface area contributed by atoms with Crippen molar-refractivity contribution >= 4 is 34.8 Å². The molecule has 0 aromatic heterocycles. The minimum absolute atomic E-state index is 0.234. The summed E-state index contributed by atoms with van der Waals surface area (Å²) in [6, 6.07) is 15.7. The van der Waals surface area contributed by atoms with Crippen LogP contribution in [0.4, 0.5) is 5.69 Å². The van der Waals surface area contributed by atoms with Gasteiger partial charge in [0.05, 0.1) is 19.4 Å². The lowest BCUT2D eigenvalue weighted by Gasteiger charge is -2.15. The van der Waals surface area contributed by atoms with Crippen molar-refractivity contribution in [1.82, 2.24) is 0 Å². The van der Waals surface area contributed by atoms with Gasteiger partial charge < -0.3 is 19.5 Å². The molecule has 0 saturated carbocycles. The number of halogens is 2. The van der Waals surface area contributed by atoms with E-state index in [0.29, 0.717) is 45.2 Å². The van der Waals surface area contributed by atoms with Crippen molar-refractivity contribution in [1.29, 1.82) is 0 Å². The van der Waals surface area contributed by atoms with Crippen LogP contribution in [0.3, 0.4) is 0 Å². The van der Waals surface area contributed by atoms with Crippen molar-refractivity contribution in [2.24, 2.45) is 0 Å². The number of benzene rings is 3. The molecule has 0 spiro atoms. The quantitative estimate of drug-likeness (QED) is 0.415. The zero-order chi connectivity index (χ0) is 22.4.